The van der Waals surface area contributed by atoms with E-state index < -0.39 is 5.79 Å². The van der Waals surface area contributed by atoms with Crippen molar-refractivity contribution in [3.8, 4) is 0 Å². The molecule has 0 spiro atoms. The van der Waals surface area contributed by atoms with Crippen LogP contribution in [0.3, 0.4) is 0 Å². The minimum absolute atomic E-state index is 0.106. The zero-order valence-electron chi connectivity index (χ0n) is 29.2. The number of benzene rings is 1. The van der Waals surface area contributed by atoms with Gasteiger partial charge in [0.2, 0.25) is 0 Å². The van der Waals surface area contributed by atoms with Gasteiger partial charge in [0.05, 0.1) is 25.4 Å². The fraction of sp³-hybridized carbons (Fsp3) is 0.800. The molecule has 10 atom stereocenters. The van der Waals surface area contributed by atoms with Crippen LogP contribution in [0.25, 0.3) is 0 Å². The van der Waals surface area contributed by atoms with Crippen molar-refractivity contribution in [1.82, 2.24) is 0 Å². The van der Waals surface area contributed by atoms with Crippen LogP contribution < -0.4 is 0 Å². The lowest BCUT2D eigenvalue weighted by Gasteiger charge is -2.72. The Kier molecular flexibility index (Phi) is 7.51. The van der Waals surface area contributed by atoms with Crippen molar-refractivity contribution in [2.75, 3.05) is 6.61 Å². The molecule has 5 aliphatic carbocycles. The second-order valence-electron chi connectivity index (χ2n) is 18.7. The SMILES string of the molecule is CC1(C)C[C@@H](OCc2ccc(I)cc2)[C@]2(C)CC[C@]3(C)C(=CCC4[C@@]5(C)CC[C@@H]6OC(C)(C)OC[C@]6(C)C5CC[C@]43C)[C@@H]2C1. The molecule has 4 heteroatoms. The molecule has 7 rings (SSSR count). The molecule has 3 nitrogen and oxygen atoms in total. The highest BCUT2D eigenvalue weighted by molar-refractivity contribution is 14.1. The lowest BCUT2D eigenvalue weighted by atomic mass is 9.33. The molecule has 0 N–H and O–H groups in total. The molecule has 6 aliphatic rings. The molecule has 5 fully saturated rings. The van der Waals surface area contributed by atoms with Crippen molar-refractivity contribution in [3.05, 3.63) is 45.0 Å². The molecule has 0 bridgehead atoms. The zero-order chi connectivity index (χ0) is 31.6. The van der Waals surface area contributed by atoms with E-state index >= 15 is 0 Å². The summed E-state index contributed by atoms with van der Waals surface area (Å²) in [5, 5.41) is 0. The number of hydrogen-bond donors (Lipinski definition) is 0. The fourth-order valence-corrected chi connectivity index (χ4v) is 12.9. The van der Waals surface area contributed by atoms with Crippen molar-refractivity contribution in [2.24, 2.45) is 50.2 Å². The predicted molar refractivity (Wildman–Crippen MR) is 187 cm³/mol. The zero-order valence-corrected chi connectivity index (χ0v) is 31.3. The van der Waals surface area contributed by atoms with Crippen molar-refractivity contribution in [3.63, 3.8) is 0 Å². The minimum atomic E-state index is -0.457. The van der Waals surface area contributed by atoms with Crippen LogP contribution in [0.4, 0.5) is 0 Å². The summed E-state index contributed by atoms with van der Waals surface area (Å²) in [6, 6.07) is 8.91. The normalized spacial score (nSPS) is 49.0. The van der Waals surface area contributed by atoms with Gasteiger partial charge >= 0.3 is 0 Å². The Bertz CT molecular complexity index is 1320. The molecule has 1 saturated heterocycles. The summed E-state index contributed by atoms with van der Waals surface area (Å²) in [5.41, 5.74) is 4.59. The Morgan fingerprint density at radius 3 is 2.25 bits per heavy atom. The summed E-state index contributed by atoms with van der Waals surface area (Å²) in [6.45, 7) is 24.0. The van der Waals surface area contributed by atoms with Gasteiger partial charge < -0.3 is 14.2 Å². The molecule has 2 unspecified atom stereocenters. The predicted octanol–water partition coefficient (Wildman–Crippen LogP) is 10.7. The van der Waals surface area contributed by atoms with E-state index in [1.807, 2.05) is 5.57 Å². The van der Waals surface area contributed by atoms with Gasteiger partial charge in [-0.1, -0.05) is 72.2 Å². The number of fused-ring (bicyclic) bond motifs is 9. The highest BCUT2D eigenvalue weighted by atomic mass is 127. The quantitative estimate of drug-likeness (QED) is 0.230. The smallest absolute Gasteiger partial charge is 0.163 e. The maximum atomic E-state index is 6.97. The highest BCUT2D eigenvalue weighted by Gasteiger charge is 2.70. The summed E-state index contributed by atoms with van der Waals surface area (Å²) < 4.78 is 21.3. The molecule has 1 aliphatic heterocycles. The van der Waals surface area contributed by atoms with Gasteiger partial charge in [-0.25, -0.2) is 0 Å². The monoisotopic (exact) mass is 714 g/mol. The Morgan fingerprint density at radius 2 is 1.52 bits per heavy atom. The van der Waals surface area contributed by atoms with Gasteiger partial charge in [0.25, 0.3) is 0 Å². The Balaban J connectivity index is 1.20. The Morgan fingerprint density at radius 1 is 0.795 bits per heavy atom. The van der Waals surface area contributed by atoms with E-state index in [0.29, 0.717) is 40.8 Å². The summed E-state index contributed by atoms with van der Waals surface area (Å²) in [7, 11) is 0. The van der Waals surface area contributed by atoms with Gasteiger partial charge in [0.1, 0.15) is 0 Å². The highest BCUT2D eigenvalue weighted by Crippen LogP contribution is 2.76. The molecule has 44 heavy (non-hydrogen) atoms. The van der Waals surface area contributed by atoms with Crippen LogP contribution in [0.2, 0.25) is 0 Å². The van der Waals surface area contributed by atoms with Crippen LogP contribution in [0.5, 0.6) is 0 Å². The van der Waals surface area contributed by atoms with Crippen LogP contribution in [0.15, 0.2) is 35.9 Å². The molecule has 4 saturated carbocycles. The number of allylic oxidation sites excluding steroid dienone is 2. The van der Waals surface area contributed by atoms with Gasteiger partial charge in [-0.3, -0.25) is 0 Å². The molecule has 0 amide bonds. The maximum Gasteiger partial charge on any atom is 0.163 e. The first kappa shape index (κ1) is 32.1. The third kappa shape index (κ3) is 4.63. The van der Waals surface area contributed by atoms with Crippen molar-refractivity contribution in [1.29, 1.82) is 0 Å². The molecular formula is C40H59IO3. The first-order chi connectivity index (χ1) is 20.5. The lowest BCUT2D eigenvalue weighted by molar-refractivity contribution is -0.351. The second kappa shape index (κ2) is 10.3. The van der Waals surface area contributed by atoms with Crippen molar-refractivity contribution < 1.29 is 14.2 Å². The molecule has 1 aromatic carbocycles. The summed E-state index contributed by atoms with van der Waals surface area (Å²) in [5.74, 6) is 1.51. The van der Waals surface area contributed by atoms with E-state index in [4.69, 9.17) is 14.2 Å². The maximum absolute atomic E-state index is 6.97. The van der Waals surface area contributed by atoms with E-state index in [1.165, 1.54) is 60.5 Å². The lowest BCUT2D eigenvalue weighted by Crippen LogP contribution is -2.68. The standard InChI is InChI=1S/C40H59IO3/c1-34(2)22-29-28-14-15-31-37(6)18-17-32-38(7,25-43-35(3,4)44-32)30(37)16-19-40(31,9)39(28,8)21-20-36(29,5)33(23-34)42-24-26-10-12-27(41)13-11-26/h10-14,29-33H,15-25H2,1-9H3/t29-,30?,31?,32-,33+,36+,37-,38+,39+,40+/m0/s1. The first-order valence-corrected chi connectivity index (χ1v) is 18.9. The van der Waals surface area contributed by atoms with Crippen LogP contribution in [0, 0.1) is 53.8 Å². The Hall–Kier alpha value is -0.430. The molecule has 1 aromatic rings. The third-order valence-corrected chi connectivity index (χ3v) is 16.1. The van der Waals surface area contributed by atoms with E-state index in [2.05, 4.69) is 115 Å². The van der Waals surface area contributed by atoms with Crippen LogP contribution in [-0.4, -0.2) is 24.6 Å². The first-order valence-electron chi connectivity index (χ1n) is 17.8. The molecular weight excluding hydrogens is 655 g/mol. The average Bonchev–Trinajstić information content (AvgIpc) is 2.94. The number of ether oxygens (including phenoxy) is 3. The largest absolute Gasteiger partial charge is 0.373 e. The third-order valence-electron chi connectivity index (χ3n) is 15.3. The van der Waals surface area contributed by atoms with Crippen LogP contribution in [0.1, 0.15) is 126 Å². The number of halogens is 1. The second-order valence-corrected chi connectivity index (χ2v) is 19.9. The van der Waals surface area contributed by atoms with Gasteiger partial charge in [0, 0.05) is 14.4 Å². The van der Waals surface area contributed by atoms with Gasteiger partial charge in [0.15, 0.2) is 5.79 Å². The van der Waals surface area contributed by atoms with E-state index in [9.17, 15) is 0 Å². The van der Waals surface area contributed by atoms with E-state index in [1.54, 1.807) is 0 Å². The summed E-state index contributed by atoms with van der Waals surface area (Å²) in [4.78, 5) is 0. The van der Waals surface area contributed by atoms with Crippen molar-refractivity contribution in [2.45, 2.75) is 145 Å². The fourth-order valence-electron chi connectivity index (χ4n) is 12.6. The number of rotatable bonds is 3. The Labute approximate surface area is 282 Å². The van der Waals surface area contributed by atoms with Crippen molar-refractivity contribution >= 4 is 22.6 Å². The van der Waals surface area contributed by atoms with Gasteiger partial charge in [-0.2, -0.15) is 0 Å². The van der Waals surface area contributed by atoms with E-state index in [0.717, 1.165) is 19.6 Å². The molecule has 244 valence electrons. The van der Waals surface area contributed by atoms with Gasteiger partial charge in [-0.15, -0.1) is 0 Å². The topological polar surface area (TPSA) is 27.7 Å². The summed E-state index contributed by atoms with van der Waals surface area (Å²) >= 11 is 2.39. The average molecular weight is 715 g/mol. The molecule has 0 aromatic heterocycles. The minimum Gasteiger partial charge on any atom is -0.373 e. The molecule has 0 radical (unpaired) electrons. The van der Waals surface area contributed by atoms with Crippen LogP contribution >= 0.6 is 22.6 Å². The summed E-state index contributed by atoms with van der Waals surface area (Å²) in [6.07, 6.45) is 14.8. The van der Waals surface area contributed by atoms with Gasteiger partial charge in [-0.05, 0) is 151 Å². The van der Waals surface area contributed by atoms with Crippen LogP contribution in [-0.2, 0) is 20.8 Å². The molecule has 1 heterocycles. The van der Waals surface area contributed by atoms with E-state index in [-0.39, 0.29) is 21.7 Å². The number of hydrogen-bond acceptors (Lipinski definition) is 3.